The van der Waals surface area contributed by atoms with Gasteiger partial charge in [0, 0.05) is 37.3 Å². The van der Waals surface area contributed by atoms with Gasteiger partial charge in [0.05, 0.1) is 32.4 Å². The number of nitrogens with zero attached hydrogens (tertiary/aromatic N) is 2. The summed E-state index contributed by atoms with van der Waals surface area (Å²) >= 11 is 0. The third-order valence-electron chi connectivity index (χ3n) is 5.28. The highest BCUT2D eigenvalue weighted by atomic mass is 16.5. The first-order valence-corrected chi connectivity index (χ1v) is 9.99. The molecule has 2 atom stereocenters. The Kier molecular flexibility index (Phi) is 7.11. The number of hydrogen-bond acceptors (Lipinski definition) is 5. The number of likely N-dealkylation sites (tertiary alicyclic amines) is 1. The molecule has 0 radical (unpaired) electrons. The predicted octanol–water partition coefficient (Wildman–Crippen LogP) is 2.16. The molecule has 3 amide bonds. The first-order valence-electron chi connectivity index (χ1n) is 9.99. The summed E-state index contributed by atoms with van der Waals surface area (Å²) in [7, 11) is 3.19. The second kappa shape index (κ2) is 9.96. The number of pyridine rings is 1. The minimum absolute atomic E-state index is 0.123. The van der Waals surface area contributed by atoms with E-state index in [4.69, 9.17) is 9.47 Å². The molecule has 3 rings (SSSR count). The van der Waals surface area contributed by atoms with Crippen molar-refractivity contribution >= 4 is 11.9 Å². The lowest BCUT2D eigenvalue weighted by Gasteiger charge is -2.21. The lowest BCUT2D eigenvalue weighted by molar-refractivity contribution is -0.125. The largest absolute Gasteiger partial charge is 0.497 e. The number of carbonyl (C=O) groups is 2. The summed E-state index contributed by atoms with van der Waals surface area (Å²) in [5.41, 5.74) is 1.63. The van der Waals surface area contributed by atoms with Gasteiger partial charge < -0.3 is 25.0 Å². The van der Waals surface area contributed by atoms with Crippen LogP contribution in [-0.2, 0) is 11.3 Å². The molecule has 1 saturated heterocycles. The Morgan fingerprint density at radius 1 is 1.13 bits per heavy atom. The lowest BCUT2D eigenvalue weighted by atomic mass is 9.87. The third kappa shape index (κ3) is 4.82. The highest BCUT2D eigenvalue weighted by Gasteiger charge is 2.41. The molecule has 8 heteroatoms. The van der Waals surface area contributed by atoms with E-state index in [1.165, 1.54) is 0 Å². The maximum Gasteiger partial charge on any atom is 0.317 e. The number of methoxy groups -OCH3 is 2. The van der Waals surface area contributed by atoms with E-state index in [-0.39, 0.29) is 17.9 Å². The van der Waals surface area contributed by atoms with Crippen LogP contribution in [-0.4, -0.2) is 55.7 Å². The van der Waals surface area contributed by atoms with Gasteiger partial charge in [-0.05, 0) is 37.3 Å². The average Bonchev–Trinajstić information content (AvgIpc) is 3.23. The van der Waals surface area contributed by atoms with Crippen molar-refractivity contribution in [3.05, 3.63) is 53.9 Å². The Morgan fingerprint density at radius 3 is 2.63 bits per heavy atom. The summed E-state index contributed by atoms with van der Waals surface area (Å²) in [5.74, 6) is 0.581. The van der Waals surface area contributed by atoms with E-state index in [0.29, 0.717) is 37.7 Å². The van der Waals surface area contributed by atoms with Crippen molar-refractivity contribution in [2.45, 2.75) is 19.4 Å². The van der Waals surface area contributed by atoms with Gasteiger partial charge in [-0.1, -0.05) is 6.07 Å². The molecule has 1 aliphatic heterocycles. The third-order valence-corrected chi connectivity index (χ3v) is 5.28. The number of hydrogen-bond donors (Lipinski definition) is 2. The summed E-state index contributed by atoms with van der Waals surface area (Å²) in [6.45, 7) is 3.47. The number of nitrogens with one attached hydrogen (secondary N) is 2. The van der Waals surface area contributed by atoms with E-state index >= 15 is 0 Å². The van der Waals surface area contributed by atoms with E-state index < -0.39 is 5.92 Å². The minimum atomic E-state index is -0.419. The van der Waals surface area contributed by atoms with Crippen LogP contribution in [0.3, 0.4) is 0 Å². The molecule has 1 aromatic carbocycles. The smallest absolute Gasteiger partial charge is 0.317 e. The maximum atomic E-state index is 13.1. The van der Waals surface area contributed by atoms with E-state index in [1.54, 1.807) is 25.3 Å². The van der Waals surface area contributed by atoms with Crippen molar-refractivity contribution < 1.29 is 19.1 Å². The fraction of sp³-hybridized carbons (Fsp3) is 0.409. The van der Waals surface area contributed by atoms with Crippen molar-refractivity contribution in [1.82, 2.24) is 20.5 Å². The van der Waals surface area contributed by atoms with Gasteiger partial charge in [-0.3, -0.25) is 9.78 Å². The lowest BCUT2D eigenvalue weighted by Crippen LogP contribution is -2.39. The number of amides is 3. The fourth-order valence-electron chi connectivity index (χ4n) is 3.75. The SMILES string of the molecule is CCNC(=O)N1CC(C(=O)NCc2ccccn2)C(c2cc(OC)ccc2OC)C1. The molecule has 160 valence electrons. The van der Waals surface area contributed by atoms with Crippen LogP contribution >= 0.6 is 0 Å². The molecular weight excluding hydrogens is 384 g/mol. The highest BCUT2D eigenvalue weighted by molar-refractivity contribution is 5.83. The molecular formula is C22H28N4O4. The monoisotopic (exact) mass is 412 g/mol. The first-order chi connectivity index (χ1) is 14.6. The molecule has 0 aliphatic carbocycles. The molecule has 2 heterocycles. The molecule has 1 aliphatic rings. The van der Waals surface area contributed by atoms with Gasteiger partial charge >= 0.3 is 6.03 Å². The molecule has 2 aromatic rings. The molecule has 1 fully saturated rings. The number of aromatic nitrogens is 1. The zero-order valence-corrected chi connectivity index (χ0v) is 17.6. The Bertz CT molecular complexity index is 875. The number of urea groups is 1. The van der Waals surface area contributed by atoms with Gasteiger partial charge in [-0.25, -0.2) is 4.79 Å². The van der Waals surface area contributed by atoms with Crippen molar-refractivity contribution in [3.8, 4) is 11.5 Å². The molecule has 8 nitrogen and oxygen atoms in total. The molecule has 1 aromatic heterocycles. The molecule has 0 saturated carbocycles. The van der Waals surface area contributed by atoms with Crippen LogP contribution in [0.2, 0.25) is 0 Å². The van der Waals surface area contributed by atoms with Crippen molar-refractivity contribution in [3.63, 3.8) is 0 Å². The van der Waals surface area contributed by atoms with Crippen LogP contribution in [0, 0.1) is 5.92 Å². The second-order valence-electron chi connectivity index (χ2n) is 7.10. The number of rotatable bonds is 7. The summed E-state index contributed by atoms with van der Waals surface area (Å²) in [6, 6.07) is 10.9. The van der Waals surface area contributed by atoms with Crippen LogP contribution in [0.15, 0.2) is 42.6 Å². The van der Waals surface area contributed by atoms with Crippen LogP contribution in [0.5, 0.6) is 11.5 Å². The molecule has 0 bridgehead atoms. The van der Waals surface area contributed by atoms with Gasteiger partial charge in [0.15, 0.2) is 0 Å². The summed E-state index contributed by atoms with van der Waals surface area (Å²) in [6.07, 6.45) is 1.69. The van der Waals surface area contributed by atoms with Gasteiger partial charge in [-0.15, -0.1) is 0 Å². The number of ether oxygens (including phenoxy) is 2. The Balaban J connectivity index is 1.85. The quantitative estimate of drug-likeness (QED) is 0.727. The van der Waals surface area contributed by atoms with Crippen LogP contribution in [0.4, 0.5) is 4.79 Å². The predicted molar refractivity (Wildman–Crippen MR) is 113 cm³/mol. The Morgan fingerprint density at radius 2 is 1.97 bits per heavy atom. The van der Waals surface area contributed by atoms with E-state index in [2.05, 4.69) is 15.6 Å². The Hall–Kier alpha value is -3.29. The van der Waals surface area contributed by atoms with E-state index in [1.807, 2.05) is 43.3 Å². The molecule has 30 heavy (non-hydrogen) atoms. The van der Waals surface area contributed by atoms with Crippen molar-refractivity contribution in [2.75, 3.05) is 33.9 Å². The van der Waals surface area contributed by atoms with Crippen LogP contribution in [0.25, 0.3) is 0 Å². The average molecular weight is 412 g/mol. The Labute approximate surface area is 176 Å². The standard InChI is InChI=1S/C22H28N4O4/c1-4-23-22(28)26-13-18(17-11-16(29-2)8-9-20(17)30-3)19(14-26)21(27)25-12-15-7-5-6-10-24-15/h5-11,18-19H,4,12-14H2,1-3H3,(H,23,28)(H,25,27). The molecule has 0 spiro atoms. The first kappa shape index (κ1) is 21.4. The van der Waals surface area contributed by atoms with Gasteiger partial charge in [-0.2, -0.15) is 0 Å². The second-order valence-corrected chi connectivity index (χ2v) is 7.10. The van der Waals surface area contributed by atoms with Crippen LogP contribution < -0.4 is 20.1 Å². The zero-order valence-electron chi connectivity index (χ0n) is 17.6. The molecule has 2 N–H and O–H groups in total. The zero-order chi connectivity index (χ0) is 21.5. The molecule has 2 unspecified atom stereocenters. The van der Waals surface area contributed by atoms with E-state index in [0.717, 1.165) is 11.3 Å². The normalized spacial score (nSPS) is 18.0. The number of benzene rings is 1. The summed E-state index contributed by atoms with van der Waals surface area (Å²) in [4.78, 5) is 31.5. The van der Waals surface area contributed by atoms with Crippen molar-refractivity contribution in [2.24, 2.45) is 5.92 Å². The van der Waals surface area contributed by atoms with Gasteiger partial charge in [0.25, 0.3) is 0 Å². The minimum Gasteiger partial charge on any atom is -0.497 e. The van der Waals surface area contributed by atoms with Gasteiger partial charge in [0.1, 0.15) is 11.5 Å². The maximum absolute atomic E-state index is 13.1. The summed E-state index contributed by atoms with van der Waals surface area (Å²) < 4.78 is 10.9. The highest BCUT2D eigenvalue weighted by Crippen LogP contribution is 2.39. The van der Waals surface area contributed by atoms with Gasteiger partial charge in [0.2, 0.25) is 5.91 Å². The number of carbonyl (C=O) groups excluding carboxylic acids is 2. The fourth-order valence-corrected chi connectivity index (χ4v) is 3.75. The summed E-state index contributed by atoms with van der Waals surface area (Å²) in [5, 5.41) is 5.78. The van der Waals surface area contributed by atoms with E-state index in [9.17, 15) is 9.59 Å². The van der Waals surface area contributed by atoms with Crippen molar-refractivity contribution in [1.29, 1.82) is 0 Å². The topological polar surface area (TPSA) is 92.8 Å². The van der Waals surface area contributed by atoms with Crippen LogP contribution in [0.1, 0.15) is 24.1 Å².